The van der Waals surface area contributed by atoms with Crippen molar-refractivity contribution in [2.45, 2.75) is 12.5 Å². The van der Waals surface area contributed by atoms with Gasteiger partial charge in [-0.1, -0.05) is 30.3 Å². The van der Waals surface area contributed by atoms with Crippen molar-refractivity contribution >= 4 is 19.6 Å². The van der Waals surface area contributed by atoms with Crippen LogP contribution < -0.4 is 5.73 Å². The average molecular weight is 271 g/mol. The summed E-state index contributed by atoms with van der Waals surface area (Å²) in [5.41, 5.74) is 5.86. The van der Waals surface area contributed by atoms with Gasteiger partial charge in [0.05, 0.1) is 0 Å². The highest BCUT2D eigenvalue weighted by atomic mass is 31.2. The molecule has 18 heavy (non-hydrogen) atoms. The minimum Gasteiger partial charge on any atom is -0.480 e. The van der Waals surface area contributed by atoms with Crippen molar-refractivity contribution in [3.8, 4) is 0 Å². The molecule has 98 valence electrons. The molecule has 1 rings (SSSR count). The lowest BCUT2D eigenvalue weighted by molar-refractivity contribution is -0.138. The third-order valence-electron chi connectivity index (χ3n) is 2.25. The summed E-state index contributed by atoms with van der Waals surface area (Å²) in [6.07, 6.45) is 0.873. The molecule has 0 aliphatic carbocycles. The molecule has 0 fully saturated rings. The van der Waals surface area contributed by atoms with E-state index in [1.165, 1.54) is 6.08 Å². The second kappa shape index (κ2) is 5.93. The Morgan fingerprint density at radius 2 is 1.89 bits per heavy atom. The first kappa shape index (κ1) is 14.6. The Morgan fingerprint density at radius 1 is 1.33 bits per heavy atom. The van der Waals surface area contributed by atoms with Crippen LogP contribution in [0.4, 0.5) is 0 Å². The van der Waals surface area contributed by atoms with Crippen LogP contribution in [-0.4, -0.2) is 26.9 Å². The minimum atomic E-state index is -4.52. The maximum atomic E-state index is 11.3. The molecule has 0 radical (unpaired) electrons. The van der Waals surface area contributed by atoms with Crippen LogP contribution in [0.2, 0.25) is 0 Å². The number of carboxylic acids is 1. The molecule has 5 N–H and O–H groups in total. The van der Waals surface area contributed by atoms with Gasteiger partial charge < -0.3 is 20.6 Å². The Morgan fingerprint density at radius 3 is 2.33 bits per heavy atom. The summed E-state index contributed by atoms with van der Waals surface area (Å²) in [5, 5.41) is 8.37. The highest BCUT2D eigenvalue weighted by molar-refractivity contribution is 7.56. The molecule has 0 aliphatic rings. The predicted octanol–water partition coefficient (Wildman–Crippen LogP) is 1.01. The maximum absolute atomic E-state index is 11.3. The van der Waals surface area contributed by atoms with Gasteiger partial charge in [0.15, 0.2) is 0 Å². The summed E-state index contributed by atoms with van der Waals surface area (Å²) >= 11 is 0. The van der Waals surface area contributed by atoms with Gasteiger partial charge in [0, 0.05) is 11.7 Å². The molecule has 0 unspecified atom stereocenters. The molecule has 1 atom stereocenters. The second-order valence-corrected chi connectivity index (χ2v) is 5.40. The van der Waals surface area contributed by atoms with Crippen molar-refractivity contribution in [1.82, 2.24) is 0 Å². The zero-order valence-corrected chi connectivity index (χ0v) is 10.3. The molecule has 0 amide bonds. The van der Waals surface area contributed by atoms with E-state index in [0.717, 1.165) is 0 Å². The van der Waals surface area contributed by atoms with Gasteiger partial charge in [-0.3, -0.25) is 9.36 Å². The van der Waals surface area contributed by atoms with Gasteiger partial charge in [-0.05, 0) is 11.6 Å². The highest BCUT2D eigenvalue weighted by Gasteiger charge is 2.25. The van der Waals surface area contributed by atoms with E-state index >= 15 is 0 Å². The smallest absolute Gasteiger partial charge is 0.352 e. The highest BCUT2D eigenvalue weighted by Crippen LogP contribution is 2.47. The van der Waals surface area contributed by atoms with Crippen LogP contribution >= 0.6 is 7.60 Å². The fraction of sp³-hybridized carbons (Fsp3) is 0.182. The standard InChI is InChI=1S/C11H14NO5P/c12-10(11(13)14)7-9(18(15,16)17)6-8-4-2-1-3-5-8/h1-6,10H,7,12H2,(H,13,14)(H2,15,16,17)/b9-6-/t10-/m0/s1. The number of hydrogen-bond donors (Lipinski definition) is 4. The monoisotopic (exact) mass is 271 g/mol. The largest absolute Gasteiger partial charge is 0.480 e. The molecule has 1 aromatic rings. The van der Waals surface area contributed by atoms with Gasteiger partial charge in [-0.2, -0.15) is 0 Å². The zero-order valence-electron chi connectivity index (χ0n) is 9.43. The minimum absolute atomic E-state index is 0.288. The van der Waals surface area contributed by atoms with Crippen LogP contribution in [0, 0.1) is 0 Å². The van der Waals surface area contributed by atoms with E-state index in [0.29, 0.717) is 5.56 Å². The van der Waals surface area contributed by atoms with Crippen molar-refractivity contribution in [1.29, 1.82) is 0 Å². The van der Waals surface area contributed by atoms with E-state index in [2.05, 4.69) is 0 Å². The fourth-order valence-corrected chi connectivity index (χ4v) is 2.07. The topological polar surface area (TPSA) is 121 Å². The third kappa shape index (κ3) is 4.43. The van der Waals surface area contributed by atoms with Gasteiger partial charge in [-0.25, -0.2) is 0 Å². The first-order valence-corrected chi connectivity index (χ1v) is 6.72. The van der Waals surface area contributed by atoms with Crippen LogP contribution in [0.5, 0.6) is 0 Å². The second-order valence-electron chi connectivity index (χ2n) is 3.74. The molecule has 0 saturated carbocycles. The van der Waals surface area contributed by atoms with E-state index in [9.17, 15) is 9.36 Å². The van der Waals surface area contributed by atoms with E-state index in [1.807, 2.05) is 0 Å². The lowest BCUT2D eigenvalue weighted by atomic mass is 10.1. The number of benzene rings is 1. The lowest BCUT2D eigenvalue weighted by Gasteiger charge is -2.12. The molecule has 0 saturated heterocycles. The summed E-state index contributed by atoms with van der Waals surface area (Å²) < 4.78 is 11.3. The Labute approximate surface area is 104 Å². The number of carbonyl (C=O) groups is 1. The summed E-state index contributed by atoms with van der Waals surface area (Å²) in [5.74, 6) is -1.30. The SMILES string of the molecule is N[C@@H](C/C(=C/c1ccccc1)P(=O)(O)O)C(=O)O. The molecule has 6 nitrogen and oxygen atoms in total. The molecular formula is C11H14NO5P. The Kier molecular flexibility index (Phi) is 4.81. The molecular weight excluding hydrogens is 257 g/mol. The molecule has 0 aromatic heterocycles. The third-order valence-corrected chi connectivity index (χ3v) is 3.31. The molecule has 0 spiro atoms. The predicted molar refractivity (Wildman–Crippen MR) is 66.7 cm³/mol. The van der Waals surface area contributed by atoms with Crippen molar-refractivity contribution in [3.63, 3.8) is 0 Å². The number of aliphatic carboxylic acids is 1. The Hall–Kier alpha value is -1.46. The van der Waals surface area contributed by atoms with Crippen LogP contribution in [-0.2, 0) is 9.36 Å². The molecule has 0 bridgehead atoms. The number of carboxylic acid groups (broad SMARTS) is 1. The zero-order chi connectivity index (χ0) is 13.8. The molecule has 7 heteroatoms. The van der Waals surface area contributed by atoms with Gasteiger partial charge in [0.2, 0.25) is 0 Å². The fourth-order valence-electron chi connectivity index (χ4n) is 1.32. The number of nitrogens with two attached hydrogens (primary N) is 1. The number of hydrogen-bond acceptors (Lipinski definition) is 3. The van der Waals surface area contributed by atoms with Gasteiger partial charge in [0.1, 0.15) is 6.04 Å². The Balaban J connectivity index is 3.04. The summed E-state index contributed by atoms with van der Waals surface area (Å²) in [6, 6.07) is 7.15. The molecule has 1 aromatic carbocycles. The van der Waals surface area contributed by atoms with Crippen molar-refractivity contribution in [3.05, 3.63) is 41.2 Å². The number of rotatable bonds is 5. The van der Waals surface area contributed by atoms with Gasteiger partial charge >= 0.3 is 13.6 Å². The van der Waals surface area contributed by atoms with Crippen molar-refractivity contribution in [2.24, 2.45) is 5.73 Å². The first-order valence-electron chi connectivity index (χ1n) is 5.11. The van der Waals surface area contributed by atoms with E-state index in [1.54, 1.807) is 30.3 Å². The summed E-state index contributed by atoms with van der Waals surface area (Å²) in [6.45, 7) is 0. The van der Waals surface area contributed by atoms with Crippen LogP contribution in [0.15, 0.2) is 35.6 Å². The average Bonchev–Trinajstić information content (AvgIpc) is 2.28. The van der Waals surface area contributed by atoms with Gasteiger partial charge in [0.25, 0.3) is 0 Å². The normalized spacial score (nSPS) is 14.3. The van der Waals surface area contributed by atoms with E-state index in [-0.39, 0.29) is 5.31 Å². The lowest BCUT2D eigenvalue weighted by Crippen LogP contribution is -2.30. The Bertz CT molecular complexity index is 493. The summed E-state index contributed by atoms with van der Waals surface area (Å²) in [7, 11) is -4.52. The van der Waals surface area contributed by atoms with E-state index < -0.39 is 26.0 Å². The van der Waals surface area contributed by atoms with E-state index in [4.69, 9.17) is 20.6 Å². The molecule has 0 aliphatic heterocycles. The maximum Gasteiger partial charge on any atom is 0.352 e. The first-order chi connectivity index (χ1) is 8.30. The quantitative estimate of drug-likeness (QED) is 0.593. The molecule has 0 heterocycles. The van der Waals surface area contributed by atoms with Crippen molar-refractivity contribution < 1.29 is 24.3 Å². The van der Waals surface area contributed by atoms with Gasteiger partial charge in [-0.15, -0.1) is 0 Å². The summed E-state index contributed by atoms with van der Waals surface area (Å²) in [4.78, 5) is 28.9. The van der Waals surface area contributed by atoms with Crippen LogP contribution in [0.25, 0.3) is 6.08 Å². The van der Waals surface area contributed by atoms with Crippen molar-refractivity contribution in [2.75, 3.05) is 0 Å². The van der Waals surface area contributed by atoms with Crippen LogP contribution in [0.3, 0.4) is 0 Å². The van der Waals surface area contributed by atoms with Crippen LogP contribution in [0.1, 0.15) is 12.0 Å².